The van der Waals surface area contributed by atoms with Gasteiger partial charge in [0.2, 0.25) is 5.91 Å². The van der Waals surface area contributed by atoms with Crippen LogP contribution in [0.1, 0.15) is 58.3 Å². The molecule has 0 aliphatic carbocycles. The standard InChI is InChI=1S/C14H26N2O4/c1-3-4-5-6-7-8-13(18)20-14(19)11(16-2)9-10-12(15)17/h11,16H,3-10H2,1-2H3,(H2,15,17)/t11-/m0/s1. The van der Waals surface area contributed by atoms with Gasteiger partial charge in [-0.05, 0) is 19.9 Å². The van der Waals surface area contributed by atoms with Crippen molar-refractivity contribution in [3.05, 3.63) is 0 Å². The Morgan fingerprint density at radius 1 is 1.10 bits per heavy atom. The average Bonchev–Trinajstić information content (AvgIpc) is 2.38. The van der Waals surface area contributed by atoms with Crippen LogP contribution in [0.5, 0.6) is 0 Å². The lowest BCUT2D eigenvalue weighted by Crippen LogP contribution is -2.37. The van der Waals surface area contributed by atoms with Crippen molar-refractivity contribution in [2.24, 2.45) is 5.73 Å². The van der Waals surface area contributed by atoms with E-state index in [9.17, 15) is 14.4 Å². The number of ether oxygens (including phenoxy) is 1. The molecule has 116 valence electrons. The zero-order valence-electron chi connectivity index (χ0n) is 12.4. The summed E-state index contributed by atoms with van der Waals surface area (Å²) < 4.78 is 4.75. The summed E-state index contributed by atoms with van der Waals surface area (Å²) in [6, 6.07) is -0.674. The second kappa shape index (κ2) is 11.4. The fourth-order valence-corrected chi connectivity index (χ4v) is 1.77. The third-order valence-electron chi connectivity index (χ3n) is 3.01. The second-order valence-electron chi connectivity index (χ2n) is 4.80. The van der Waals surface area contributed by atoms with E-state index in [1.165, 1.54) is 0 Å². The topological polar surface area (TPSA) is 98.5 Å². The Balaban J connectivity index is 3.91. The maximum atomic E-state index is 11.7. The van der Waals surface area contributed by atoms with Crippen LogP contribution in [0.3, 0.4) is 0 Å². The molecule has 0 spiro atoms. The number of likely N-dealkylation sites (N-methyl/N-ethyl adjacent to an activating group) is 1. The van der Waals surface area contributed by atoms with Gasteiger partial charge in [0.25, 0.3) is 0 Å². The van der Waals surface area contributed by atoms with Gasteiger partial charge in [-0.2, -0.15) is 0 Å². The van der Waals surface area contributed by atoms with E-state index >= 15 is 0 Å². The Bertz CT molecular complexity index is 318. The Kier molecular flexibility index (Phi) is 10.6. The van der Waals surface area contributed by atoms with E-state index < -0.39 is 23.9 Å². The fourth-order valence-electron chi connectivity index (χ4n) is 1.77. The molecular weight excluding hydrogens is 260 g/mol. The largest absolute Gasteiger partial charge is 0.392 e. The van der Waals surface area contributed by atoms with Crippen molar-refractivity contribution >= 4 is 17.8 Å². The molecule has 6 heteroatoms. The van der Waals surface area contributed by atoms with E-state index in [2.05, 4.69) is 12.2 Å². The molecule has 1 amide bonds. The molecule has 0 aliphatic rings. The number of unbranched alkanes of at least 4 members (excludes halogenated alkanes) is 4. The van der Waals surface area contributed by atoms with Gasteiger partial charge < -0.3 is 15.8 Å². The van der Waals surface area contributed by atoms with Crippen LogP contribution in [0.4, 0.5) is 0 Å². The van der Waals surface area contributed by atoms with Crippen molar-refractivity contribution in [2.45, 2.75) is 64.3 Å². The first-order chi connectivity index (χ1) is 9.51. The number of amides is 1. The van der Waals surface area contributed by atoms with E-state index in [0.29, 0.717) is 0 Å². The van der Waals surface area contributed by atoms with E-state index in [1.54, 1.807) is 7.05 Å². The molecule has 0 bridgehead atoms. The van der Waals surface area contributed by atoms with Gasteiger partial charge in [0.05, 0.1) is 0 Å². The van der Waals surface area contributed by atoms with Crippen molar-refractivity contribution in [1.29, 1.82) is 0 Å². The number of carbonyl (C=O) groups excluding carboxylic acids is 3. The molecular formula is C14H26N2O4. The first kappa shape index (κ1) is 18.6. The molecule has 1 atom stereocenters. The summed E-state index contributed by atoms with van der Waals surface area (Å²) in [5.41, 5.74) is 5.02. The number of hydrogen-bond donors (Lipinski definition) is 2. The molecule has 0 radical (unpaired) electrons. The molecule has 6 nitrogen and oxygen atoms in total. The van der Waals surface area contributed by atoms with Gasteiger partial charge in [0.15, 0.2) is 0 Å². The lowest BCUT2D eigenvalue weighted by molar-refractivity contribution is -0.161. The molecule has 0 fully saturated rings. The number of esters is 2. The zero-order valence-corrected chi connectivity index (χ0v) is 12.4. The first-order valence-corrected chi connectivity index (χ1v) is 7.21. The van der Waals surface area contributed by atoms with Gasteiger partial charge in [0.1, 0.15) is 6.04 Å². The summed E-state index contributed by atoms with van der Waals surface area (Å²) >= 11 is 0. The molecule has 0 aromatic carbocycles. The molecule has 0 aliphatic heterocycles. The Hall–Kier alpha value is -1.43. The summed E-state index contributed by atoms with van der Waals surface area (Å²) in [5.74, 6) is -1.64. The average molecular weight is 286 g/mol. The predicted molar refractivity (Wildman–Crippen MR) is 75.8 cm³/mol. The SMILES string of the molecule is CCCCCCCC(=O)OC(=O)[C@H](CCC(N)=O)NC. The summed E-state index contributed by atoms with van der Waals surface area (Å²) in [7, 11) is 1.57. The minimum Gasteiger partial charge on any atom is -0.392 e. The molecule has 0 unspecified atom stereocenters. The molecule has 0 aromatic rings. The number of carbonyl (C=O) groups is 3. The van der Waals surface area contributed by atoms with Crippen molar-refractivity contribution < 1.29 is 19.1 Å². The first-order valence-electron chi connectivity index (χ1n) is 7.21. The normalized spacial score (nSPS) is 11.9. The van der Waals surface area contributed by atoms with E-state index in [0.717, 1.165) is 32.1 Å². The highest BCUT2D eigenvalue weighted by Gasteiger charge is 2.21. The van der Waals surface area contributed by atoms with Gasteiger partial charge >= 0.3 is 11.9 Å². The van der Waals surface area contributed by atoms with Crippen LogP contribution in [0, 0.1) is 0 Å². The summed E-state index contributed by atoms with van der Waals surface area (Å²) in [6.45, 7) is 2.12. The van der Waals surface area contributed by atoms with E-state index in [4.69, 9.17) is 10.5 Å². The Morgan fingerprint density at radius 2 is 1.75 bits per heavy atom. The van der Waals surface area contributed by atoms with Gasteiger partial charge in [-0.1, -0.05) is 32.6 Å². The fraction of sp³-hybridized carbons (Fsp3) is 0.786. The number of hydrogen-bond acceptors (Lipinski definition) is 5. The van der Waals surface area contributed by atoms with Crippen LogP contribution in [0.15, 0.2) is 0 Å². The molecule has 0 saturated heterocycles. The van der Waals surface area contributed by atoms with E-state index in [-0.39, 0.29) is 19.3 Å². The minimum atomic E-state index is -0.674. The second-order valence-corrected chi connectivity index (χ2v) is 4.80. The Morgan fingerprint density at radius 3 is 2.30 bits per heavy atom. The summed E-state index contributed by atoms with van der Waals surface area (Å²) in [5, 5.41) is 2.71. The maximum Gasteiger partial charge on any atom is 0.330 e. The lowest BCUT2D eigenvalue weighted by atomic mass is 10.1. The maximum absolute atomic E-state index is 11.7. The minimum absolute atomic E-state index is 0.0752. The number of nitrogens with one attached hydrogen (secondary N) is 1. The van der Waals surface area contributed by atoms with Gasteiger partial charge in [-0.15, -0.1) is 0 Å². The molecule has 3 N–H and O–H groups in total. The predicted octanol–water partition coefficient (Wildman–Crippen LogP) is 1.27. The van der Waals surface area contributed by atoms with Crippen molar-refractivity contribution in [3.8, 4) is 0 Å². The zero-order chi connectivity index (χ0) is 15.4. The van der Waals surface area contributed by atoms with Crippen molar-refractivity contribution in [3.63, 3.8) is 0 Å². The van der Waals surface area contributed by atoms with Crippen molar-refractivity contribution in [1.82, 2.24) is 5.32 Å². The van der Waals surface area contributed by atoms with Crippen LogP contribution in [0.2, 0.25) is 0 Å². The van der Waals surface area contributed by atoms with Crippen LogP contribution in [-0.4, -0.2) is 30.9 Å². The van der Waals surface area contributed by atoms with E-state index in [1.807, 2.05) is 0 Å². The highest BCUT2D eigenvalue weighted by Crippen LogP contribution is 2.07. The van der Waals surface area contributed by atoms with Gasteiger partial charge in [-0.25, -0.2) is 4.79 Å². The van der Waals surface area contributed by atoms with Crippen LogP contribution in [0.25, 0.3) is 0 Å². The third-order valence-corrected chi connectivity index (χ3v) is 3.01. The highest BCUT2D eigenvalue weighted by molar-refractivity contribution is 5.88. The highest BCUT2D eigenvalue weighted by atomic mass is 16.6. The van der Waals surface area contributed by atoms with Crippen LogP contribution in [-0.2, 0) is 19.1 Å². The molecule has 20 heavy (non-hydrogen) atoms. The summed E-state index contributed by atoms with van der Waals surface area (Å²) in [6.07, 6.45) is 5.65. The number of nitrogens with two attached hydrogens (primary N) is 1. The monoisotopic (exact) mass is 286 g/mol. The van der Waals surface area contributed by atoms with Gasteiger partial charge in [0, 0.05) is 12.8 Å². The molecule has 0 aromatic heterocycles. The molecule has 0 saturated carbocycles. The van der Waals surface area contributed by atoms with Crippen LogP contribution < -0.4 is 11.1 Å². The lowest BCUT2D eigenvalue weighted by Gasteiger charge is -2.13. The number of rotatable bonds is 11. The summed E-state index contributed by atoms with van der Waals surface area (Å²) in [4.78, 5) is 33.8. The van der Waals surface area contributed by atoms with Crippen LogP contribution >= 0.6 is 0 Å². The third kappa shape index (κ3) is 9.49. The smallest absolute Gasteiger partial charge is 0.330 e. The molecule has 0 heterocycles. The van der Waals surface area contributed by atoms with Gasteiger partial charge in [-0.3, -0.25) is 9.59 Å². The number of primary amides is 1. The van der Waals surface area contributed by atoms with Crippen molar-refractivity contribution in [2.75, 3.05) is 7.05 Å². The molecule has 0 rings (SSSR count). The quantitative estimate of drug-likeness (QED) is 0.338. The Labute approximate surface area is 120 Å².